The van der Waals surface area contributed by atoms with Gasteiger partial charge in [0.25, 0.3) is 0 Å². The van der Waals surface area contributed by atoms with E-state index in [0.29, 0.717) is 0 Å². The van der Waals surface area contributed by atoms with Crippen LogP contribution in [0.2, 0.25) is 0 Å². The van der Waals surface area contributed by atoms with Gasteiger partial charge in [-0.1, -0.05) is 72.9 Å². The Morgan fingerprint density at radius 1 is 0.800 bits per heavy atom. The fraction of sp³-hybridized carbons (Fsp3) is 0.0833. The summed E-state index contributed by atoms with van der Waals surface area (Å²) in [6.07, 6.45) is 15.4. The van der Waals surface area contributed by atoms with Gasteiger partial charge in [0, 0.05) is 6.42 Å². The van der Waals surface area contributed by atoms with E-state index >= 15 is 0 Å². The first-order chi connectivity index (χ1) is 12.3. The van der Waals surface area contributed by atoms with Gasteiger partial charge in [-0.25, -0.2) is 0 Å². The fourth-order valence-electron chi connectivity index (χ4n) is 4.02. The van der Waals surface area contributed by atoms with Crippen LogP contribution in [0.1, 0.15) is 12.0 Å². The summed E-state index contributed by atoms with van der Waals surface area (Å²) in [4.78, 5) is 0. The minimum Gasteiger partial charge on any atom is -0.0801 e. The zero-order chi connectivity index (χ0) is 16.8. The van der Waals surface area contributed by atoms with Crippen molar-refractivity contribution in [2.24, 2.45) is 0 Å². The van der Waals surface area contributed by atoms with Gasteiger partial charge in [0.05, 0.1) is 0 Å². The minimum absolute atomic E-state index is 1.02. The van der Waals surface area contributed by atoms with Crippen LogP contribution < -0.4 is 10.4 Å². The third kappa shape index (κ3) is 2.49. The Kier molecular flexibility index (Phi) is 3.63. The van der Waals surface area contributed by atoms with Crippen LogP contribution in [0.4, 0.5) is 0 Å². The third-order valence-corrected chi connectivity index (χ3v) is 5.94. The van der Waals surface area contributed by atoms with Gasteiger partial charge in [-0.2, -0.15) is 0 Å². The molecule has 2 aliphatic carbocycles. The van der Waals surface area contributed by atoms with Crippen molar-refractivity contribution in [3.63, 3.8) is 0 Å². The predicted molar refractivity (Wildman–Crippen MR) is 117 cm³/mol. The Labute approximate surface area is 160 Å². The monoisotopic (exact) mass is 432 g/mol. The van der Waals surface area contributed by atoms with Crippen molar-refractivity contribution in [1.82, 2.24) is 0 Å². The van der Waals surface area contributed by atoms with Gasteiger partial charge in [0.1, 0.15) is 0 Å². The molecule has 0 N–H and O–H groups in total. The number of fused-ring (bicyclic) bond motifs is 6. The summed E-state index contributed by atoms with van der Waals surface area (Å²) in [7, 11) is 0. The molecule has 1 heteroatoms. The molecule has 0 atom stereocenters. The quantitative estimate of drug-likeness (QED) is 0.334. The lowest BCUT2D eigenvalue weighted by Gasteiger charge is -2.14. The highest BCUT2D eigenvalue weighted by Crippen LogP contribution is 2.27. The Bertz CT molecular complexity index is 1240. The lowest BCUT2D eigenvalue weighted by molar-refractivity contribution is 1.27. The average Bonchev–Trinajstić information content (AvgIpc) is 2.68. The molecule has 0 aliphatic heterocycles. The predicted octanol–water partition coefficient (Wildman–Crippen LogP) is 5.32. The maximum atomic E-state index is 2.44. The van der Waals surface area contributed by atoms with Crippen molar-refractivity contribution in [2.75, 3.05) is 0 Å². The summed E-state index contributed by atoms with van der Waals surface area (Å²) in [5, 5.41) is 8.22. The molecule has 25 heavy (non-hydrogen) atoms. The topological polar surface area (TPSA) is 0 Å². The van der Waals surface area contributed by atoms with Crippen LogP contribution in [0.25, 0.3) is 33.2 Å². The van der Waals surface area contributed by atoms with E-state index in [0.717, 1.165) is 12.8 Å². The molecule has 0 spiro atoms. The molecule has 0 saturated carbocycles. The van der Waals surface area contributed by atoms with Gasteiger partial charge >= 0.3 is 0 Å². The van der Waals surface area contributed by atoms with Crippen molar-refractivity contribution in [3.8, 4) is 0 Å². The second-order valence-corrected chi connectivity index (χ2v) is 8.06. The average molecular weight is 432 g/mol. The summed E-state index contributed by atoms with van der Waals surface area (Å²) in [5.74, 6) is 0. The first kappa shape index (κ1) is 15.2. The fourth-order valence-corrected chi connectivity index (χ4v) is 4.64. The zero-order valence-electron chi connectivity index (χ0n) is 13.8. The van der Waals surface area contributed by atoms with Crippen molar-refractivity contribution < 1.29 is 0 Å². The number of allylic oxidation sites excluding steroid dienone is 6. The van der Waals surface area contributed by atoms with E-state index in [1.165, 1.54) is 46.7 Å². The number of benzene rings is 3. The van der Waals surface area contributed by atoms with Gasteiger partial charge in [-0.15, -0.1) is 0 Å². The van der Waals surface area contributed by atoms with Crippen molar-refractivity contribution in [1.29, 1.82) is 0 Å². The highest BCUT2D eigenvalue weighted by atomic mass is 127. The van der Waals surface area contributed by atoms with E-state index in [2.05, 4.69) is 102 Å². The van der Waals surface area contributed by atoms with Crippen molar-refractivity contribution in [3.05, 3.63) is 92.4 Å². The molecule has 0 radical (unpaired) electrons. The molecule has 0 nitrogen and oxygen atoms in total. The molecule has 0 heterocycles. The summed E-state index contributed by atoms with van der Waals surface area (Å²) < 4.78 is 1.39. The van der Waals surface area contributed by atoms with Crippen LogP contribution in [0.5, 0.6) is 0 Å². The van der Waals surface area contributed by atoms with Gasteiger partial charge in [-0.05, 0) is 81.8 Å². The van der Waals surface area contributed by atoms with Crippen molar-refractivity contribution >= 4 is 55.8 Å². The van der Waals surface area contributed by atoms with Crippen LogP contribution >= 0.6 is 22.6 Å². The molecule has 0 fully saturated rings. The van der Waals surface area contributed by atoms with Crippen LogP contribution in [0.3, 0.4) is 0 Å². The van der Waals surface area contributed by atoms with Gasteiger partial charge in [0.15, 0.2) is 0 Å². The molecule has 3 aromatic carbocycles. The SMILES string of the molecule is IC1=CC=CC(=c2ccc3c(c2)c2c(c4ccccc43)CC=CC=2)C1. The van der Waals surface area contributed by atoms with E-state index in [4.69, 9.17) is 0 Å². The van der Waals surface area contributed by atoms with Crippen molar-refractivity contribution in [2.45, 2.75) is 12.8 Å². The summed E-state index contributed by atoms with van der Waals surface area (Å²) in [6, 6.07) is 15.8. The number of hydrogen-bond acceptors (Lipinski definition) is 0. The van der Waals surface area contributed by atoms with E-state index in [-0.39, 0.29) is 0 Å². The smallest absolute Gasteiger partial charge is 0.00384 e. The molecule has 2 aliphatic rings. The Morgan fingerprint density at radius 3 is 2.52 bits per heavy atom. The zero-order valence-corrected chi connectivity index (χ0v) is 16.0. The van der Waals surface area contributed by atoms with E-state index in [1.807, 2.05) is 0 Å². The Balaban J connectivity index is 1.94. The Morgan fingerprint density at radius 2 is 1.64 bits per heavy atom. The third-order valence-electron chi connectivity index (χ3n) is 5.20. The van der Waals surface area contributed by atoms with E-state index in [9.17, 15) is 0 Å². The van der Waals surface area contributed by atoms with E-state index < -0.39 is 0 Å². The first-order valence-electron chi connectivity index (χ1n) is 8.67. The van der Waals surface area contributed by atoms with Crippen LogP contribution in [-0.2, 0) is 6.42 Å². The largest absolute Gasteiger partial charge is 0.0801 e. The number of halogens is 1. The molecule has 120 valence electrons. The molecular formula is C24H17I. The van der Waals surface area contributed by atoms with E-state index in [1.54, 1.807) is 0 Å². The maximum absolute atomic E-state index is 2.44. The standard InChI is InChI=1S/C24H17I/c25-18-7-5-6-16(14-18)17-12-13-23-21-10-2-1-8-19(21)20-9-3-4-11-22(20)24(23)15-17/h1-8,10-13,15H,9,14H2. The minimum atomic E-state index is 1.02. The summed E-state index contributed by atoms with van der Waals surface area (Å²) in [5.41, 5.74) is 2.86. The highest BCUT2D eigenvalue weighted by Gasteiger charge is 2.11. The maximum Gasteiger partial charge on any atom is 0.00384 e. The van der Waals surface area contributed by atoms with Gasteiger partial charge in [0.2, 0.25) is 0 Å². The lowest BCUT2D eigenvalue weighted by atomic mass is 9.90. The number of rotatable bonds is 0. The molecule has 0 aromatic heterocycles. The normalized spacial score (nSPS) is 18.2. The summed E-state index contributed by atoms with van der Waals surface area (Å²) in [6.45, 7) is 0. The highest BCUT2D eigenvalue weighted by molar-refractivity contribution is 14.1. The van der Waals surface area contributed by atoms with Crippen LogP contribution in [0.15, 0.2) is 76.4 Å². The molecule has 0 saturated heterocycles. The van der Waals surface area contributed by atoms with Gasteiger partial charge < -0.3 is 0 Å². The molecule has 0 unspecified atom stereocenters. The van der Waals surface area contributed by atoms with Crippen LogP contribution in [0, 0.1) is 0 Å². The second kappa shape index (κ2) is 5.99. The van der Waals surface area contributed by atoms with Gasteiger partial charge in [-0.3, -0.25) is 0 Å². The molecule has 0 amide bonds. The lowest BCUT2D eigenvalue weighted by Crippen LogP contribution is -2.16. The van der Waals surface area contributed by atoms with Crippen LogP contribution in [-0.4, -0.2) is 0 Å². The second-order valence-electron chi connectivity index (χ2n) is 6.67. The molecule has 3 aromatic rings. The molecular weight excluding hydrogens is 415 g/mol. The molecule has 5 rings (SSSR count). The first-order valence-corrected chi connectivity index (χ1v) is 9.75. The molecule has 0 bridgehead atoms. The number of hydrogen-bond donors (Lipinski definition) is 0. The summed E-state index contributed by atoms with van der Waals surface area (Å²) >= 11 is 2.44. The Hall–Kier alpha value is -2.13.